The average molecular weight is 331 g/mol. The van der Waals surface area contributed by atoms with Crippen molar-refractivity contribution >= 4 is 40.5 Å². The molecule has 0 radical (unpaired) electrons. The lowest BCUT2D eigenvalue weighted by molar-refractivity contribution is -0.126. The van der Waals surface area contributed by atoms with Gasteiger partial charge in [0.1, 0.15) is 6.10 Å². The number of anilines is 2. The van der Waals surface area contributed by atoms with Crippen LogP contribution in [0.5, 0.6) is 0 Å². The van der Waals surface area contributed by atoms with E-state index in [-0.39, 0.29) is 5.91 Å². The van der Waals surface area contributed by atoms with Gasteiger partial charge in [0, 0.05) is 11.6 Å². The van der Waals surface area contributed by atoms with Gasteiger partial charge in [-0.05, 0) is 31.4 Å². The summed E-state index contributed by atoms with van der Waals surface area (Å²) in [6, 6.07) is 3.09. The zero-order chi connectivity index (χ0) is 15.4. The van der Waals surface area contributed by atoms with Crippen molar-refractivity contribution in [3.05, 3.63) is 22.2 Å². The number of nitrogen functional groups attached to an aromatic ring is 1. The standard InChI is InChI=1S/C15H20Cl2N2O2/c1-9(21-6-5-10-3-2-4-10)15(20)19-14-12(17)7-11(16)8-13(14)18/h7-10H,2-6,18H2,1H3,(H,19,20). The SMILES string of the molecule is CC(OCCC1CCC1)C(=O)Nc1c(N)cc(Cl)cc1Cl. The van der Waals surface area contributed by atoms with Crippen molar-refractivity contribution in [2.75, 3.05) is 17.7 Å². The van der Waals surface area contributed by atoms with E-state index < -0.39 is 6.10 Å². The summed E-state index contributed by atoms with van der Waals surface area (Å²) in [4.78, 5) is 12.1. The largest absolute Gasteiger partial charge is 0.397 e. The summed E-state index contributed by atoms with van der Waals surface area (Å²) in [6.07, 6.45) is 4.34. The second-order valence-corrected chi connectivity index (χ2v) is 6.28. The normalized spacial score (nSPS) is 16.3. The Hall–Kier alpha value is -0.970. The number of hydrogen-bond donors (Lipinski definition) is 2. The van der Waals surface area contributed by atoms with Crippen LogP contribution in [0.15, 0.2) is 12.1 Å². The van der Waals surface area contributed by atoms with E-state index in [0.29, 0.717) is 28.0 Å². The van der Waals surface area contributed by atoms with E-state index >= 15 is 0 Å². The number of amides is 1. The van der Waals surface area contributed by atoms with E-state index in [1.54, 1.807) is 13.0 Å². The van der Waals surface area contributed by atoms with Crippen LogP contribution >= 0.6 is 23.2 Å². The fraction of sp³-hybridized carbons (Fsp3) is 0.533. The van der Waals surface area contributed by atoms with Gasteiger partial charge in [0.15, 0.2) is 0 Å². The molecule has 1 saturated carbocycles. The molecule has 1 atom stereocenters. The first kappa shape index (κ1) is 16.4. The molecule has 1 fully saturated rings. The van der Waals surface area contributed by atoms with Gasteiger partial charge in [-0.1, -0.05) is 42.5 Å². The minimum absolute atomic E-state index is 0.264. The highest BCUT2D eigenvalue weighted by Gasteiger charge is 2.20. The molecule has 0 bridgehead atoms. The molecule has 0 aliphatic heterocycles. The Bertz CT molecular complexity index is 495. The maximum Gasteiger partial charge on any atom is 0.253 e. The van der Waals surface area contributed by atoms with E-state index in [0.717, 1.165) is 12.3 Å². The van der Waals surface area contributed by atoms with Crippen LogP contribution in [0.4, 0.5) is 11.4 Å². The van der Waals surface area contributed by atoms with E-state index in [1.807, 2.05) is 0 Å². The summed E-state index contributed by atoms with van der Waals surface area (Å²) in [5.74, 6) is 0.501. The molecule has 2 rings (SSSR count). The Balaban J connectivity index is 1.85. The van der Waals surface area contributed by atoms with Crippen LogP contribution in [0.25, 0.3) is 0 Å². The van der Waals surface area contributed by atoms with Gasteiger partial charge in [0.25, 0.3) is 5.91 Å². The first-order chi connectivity index (χ1) is 9.97. The Labute approximate surface area is 134 Å². The molecule has 0 aromatic heterocycles. The molecule has 1 aromatic carbocycles. The van der Waals surface area contributed by atoms with Gasteiger partial charge in [-0.15, -0.1) is 0 Å². The predicted octanol–water partition coefficient (Wildman–Crippen LogP) is 4.11. The number of nitrogens with two attached hydrogens (primary N) is 1. The fourth-order valence-electron chi connectivity index (χ4n) is 2.22. The molecule has 4 nitrogen and oxygen atoms in total. The predicted molar refractivity (Wildman–Crippen MR) is 86.9 cm³/mol. The van der Waals surface area contributed by atoms with Gasteiger partial charge in [0.2, 0.25) is 0 Å². The van der Waals surface area contributed by atoms with Crippen molar-refractivity contribution in [1.29, 1.82) is 0 Å². The van der Waals surface area contributed by atoms with Gasteiger partial charge in [-0.3, -0.25) is 4.79 Å². The van der Waals surface area contributed by atoms with Gasteiger partial charge < -0.3 is 15.8 Å². The van der Waals surface area contributed by atoms with E-state index in [2.05, 4.69) is 5.32 Å². The molecule has 21 heavy (non-hydrogen) atoms. The minimum Gasteiger partial charge on any atom is -0.397 e. The summed E-state index contributed by atoms with van der Waals surface area (Å²) < 4.78 is 5.56. The number of carbonyl (C=O) groups excluding carboxylic acids is 1. The van der Waals surface area contributed by atoms with Crippen LogP contribution in [-0.2, 0) is 9.53 Å². The van der Waals surface area contributed by atoms with E-state index in [4.69, 9.17) is 33.7 Å². The molecule has 6 heteroatoms. The lowest BCUT2D eigenvalue weighted by Crippen LogP contribution is -2.29. The highest BCUT2D eigenvalue weighted by Crippen LogP contribution is 2.32. The summed E-state index contributed by atoms with van der Waals surface area (Å²) in [7, 11) is 0. The molecule has 1 amide bonds. The van der Waals surface area contributed by atoms with Crippen LogP contribution in [0.2, 0.25) is 10.0 Å². The number of nitrogens with one attached hydrogen (secondary N) is 1. The topological polar surface area (TPSA) is 64.3 Å². The van der Waals surface area contributed by atoms with Crippen molar-refractivity contribution in [3.8, 4) is 0 Å². The van der Waals surface area contributed by atoms with Gasteiger partial charge in [-0.25, -0.2) is 0 Å². The molecule has 0 saturated heterocycles. The molecular weight excluding hydrogens is 311 g/mol. The second-order valence-electron chi connectivity index (χ2n) is 5.44. The summed E-state index contributed by atoms with van der Waals surface area (Å²) in [5, 5.41) is 3.44. The number of hydrogen-bond acceptors (Lipinski definition) is 3. The van der Waals surface area contributed by atoms with Crippen molar-refractivity contribution < 1.29 is 9.53 Å². The average Bonchev–Trinajstić information content (AvgIpc) is 2.36. The molecule has 1 aliphatic rings. The third-order valence-electron chi connectivity index (χ3n) is 3.82. The Morgan fingerprint density at radius 1 is 1.48 bits per heavy atom. The maximum atomic E-state index is 12.1. The number of halogens is 2. The fourth-order valence-corrected chi connectivity index (χ4v) is 2.78. The Morgan fingerprint density at radius 2 is 2.19 bits per heavy atom. The minimum atomic E-state index is -0.545. The third-order valence-corrected chi connectivity index (χ3v) is 4.34. The quantitative estimate of drug-likeness (QED) is 0.771. The van der Waals surface area contributed by atoms with E-state index in [9.17, 15) is 4.79 Å². The zero-order valence-electron chi connectivity index (χ0n) is 12.0. The van der Waals surface area contributed by atoms with Crippen molar-refractivity contribution in [1.82, 2.24) is 0 Å². The lowest BCUT2D eigenvalue weighted by Gasteiger charge is -2.25. The molecule has 0 spiro atoms. The Kier molecular flexibility index (Phi) is 5.73. The number of rotatable bonds is 6. The van der Waals surface area contributed by atoms with Crippen molar-refractivity contribution in [2.45, 2.75) is 38.7 Å². The highest BCUT2D eigenvalue weighted by atomic mass is 35.5. The van der Waals surface area contributed by atoms with Crippen LogP contribution < -0.4 is 11.1 Å². The molecule has 1 aliphatic carbocycles. The van der Waals surface area contributed by atoms with Crippen LogP contribution in [0, 0.1) is 5.92 Å². The third kappa shape index (κ3) is 4.50. The Morgan fingerprint density at radius 3 is 2.76 bits per heavy atom. The van der Waals surface area contributed by atoms with Gasteiger partial charge in [-0.2, -0.15) is 0 Å². The van der Waals surface area contributed by atoms with Crippen molar-refractivity contribution in [2.24, 2.45) is 5.92 Å². The summed E-state index contributed by atoms with van der Waals surface area (Å²) >= 11 is 11.9. The van der Waals surface area contributed by atoms with Gasteiger partial charge in [0.05, 0.1) is 16.4 Å². The van der Waals surface area contributed by atoms with Crippen LogP contribution in [0.3, 0.4) is 0 Å². The second kappa shape index (κ2) is 7.34. The van der Waals surface area contributed by atoms with Crippen LogP contribution in [0.1, 0.15) is 32.6 Å². The number of carbonyl (C=O) groups is 1. The smallest absolute Gasteiger partial charge is 0.253 e. The van der Waals surface area contributed by atoms with E-state index in [1.165, 1.54) is 25.3 Å². The first-order valence-corrected chi connectivity index (χ1v) is 7.90. The zero-order valence-corrected chi connectivity index (χ0v) is 13.5. The van der Waals surface area contributed by atoms with Gasteiger partial charge >= 0.3 is 0 Å². The van der Waals surface area contributed by atoms with Crippen molar-refractivity contribution in [3.63, 3.8) is 0 Å². The monoisotopic (exact) mass is 330 g/mol. The highest BCUT2D eigenvalue weighted by molar-refractivity contribution is 6.37. The molecule has 1 aromatic rings. The maximum absolute atomic E-state index is 12.1. The van der Waals surface area contributed by atoms with Crippen LogP contribution in [-0.4, -0.2) is 18.6 Å². The molecule has 116 valence electrons. The molecule has 1 unspecified atom stereocenters. The number of benzene rings is 1. The molecule has 0 heterocycles. The first-order valence-electron chi connectivity index (χ1n) is 7.14. The molecule has 3 N–H and O–H groups in total. The summed E-state index contributed by atoms with van der Waals surface area (Å²) in [6.45, 7) is 2.32. The number of ether oxygens (including phenoxy) is 1. The molecular formula is C15H20Cl2N2O2. The lowest BCUT2D eigenvalue weighted by atomic mass is 9.83. The summed E-state index contributed by atoms with van der Waals surface area (Å²) in [5.41, 5.74) is 6.52.